The molecule has 0 fully saturated rings. The zero-order valence-electron chi connectivity index (χ0n) is 13.3. The molecule has 0 aliphatic carbocycles. The number of carbonyl (C=O) groups is 1. The Morgan fingerprint density at radius 1 is 1.52 bits per heavy atom. The minimum Gasteiger partial charge on any atom is -0.468 e. The van der Waals surface area contributed by atoms with Crippen LogP contribution in [0.2, 0.25) is 25.7 Å². The Hall–Kier alpha value is -0.923. The minimum atomic E-state index is -3.49. The number of hydrogen-bond donors (Lipinski definition) is 0. The molecule has 0 unspecified atom stereocenters. The molecule has 0 radical (unpaired) electrons. The molecule has 0 amide bonds. The summed E-state index contributed by atoms with van der Waals surface area (Å²) in [7, 11) is -3.68. The van der Waals surface area contributed by atoms with Gasteiger partial charge in [0.15, 0.2) is 0 Å². The number of hydrogen-bond acceptors (Lipinski definition) is 4. The summed E-state index contributed by atoms with van der Waals surface area (Å²) in [5, 5.41) is 0. The van der Waals surface area contributed by atoms with Crippen LogP contribution in [0, 0.1) is 0 Å². The first kappa shape index (κ1) is 18.1. The molecule has 0 spiro atoms. The van der Waals surface area contributed by atoms with Crippen molar-refractivity contribution in [2.45, 2.75) is 38.1 Å². The summed E-state index contributed by atoms with van der Waals surface area (Å²) in [6.45, 7) is 10.3. The fraction of sp³-hybridized carbons (Fsp3) is 0.643. The second kappa shape index (κ2) is 6.89. The molecule has 0 N–H and O–H groups in total. The molecule has 1 heterocycles. The van der Waals surface area contributed by atoms with E-state index in [4.69, 9.17) is 4.74 Å². The number of esters is 1. The first-order chi connectivity index (χ1) is 9.60. The normalized spacial score (nSPS) is 20.8. The third-order valence-corrected chi connectivity index (χ3v) is 7.42. The van der Waals surface area contributed by atoms with E-state index in [0.717, 1.165) is 5.57 Å². The van der Waals surface area contributed by atoms with Gasteiger partial charge in [-0.2, -0.15) is 4.31 Å². The van der Waals surface area contributed by atoms with Crippen LogP contribution in [0.1, 0.15) is 6.42 Å². The smallest absolute Gasteiger partial charge is 0.324 e. The number of methoxy groups -OCH3 is 1. The Labute approximate surface area is 128 Å². The van der Waals surface area contributed by atoms with Gasteiger partial charge in [-0.1, -0.05) is 38.4 Å². The average Bonchev–Trinajstić information content (AvgIpc) is 2.43. The first-order valence-electron chi connectivity index (χ1n) is 6.99. The van der Waals surface area contributed by atoms with E-state index in [9.17, 15) is 13.2 Å². The molecule has 21 heavy (non-hydrogen) atoms. The van der Waals surface area contributed by atoms with E-state index >= 15 is 0 Å². The fourth-order valence-electron chi connectivity index (χ4n) is 2.08. The standard InChI is InChI=1S/C14H25NO4SSi/c1-6-12-7-8-13(14(16)19-2)15(11-12)20(17,18)9-10-21(3,4)5/h6-7,13H,1,8-11H2,2-5H3/t13-/m0/s1. The van der Waals surface area contributed by atoms with Crippen LogP contribution in [0.25, 0.3) is 0 Å². The van der Waals surface area contributed by atoms with E-state index in [0.29, 0.717) is 12.5 Å². The molecule has 0 saturated carbocycles. The van der Waals surface area contributed by atoms with Crippen molar-refractivity contribution in [3.63, 3.8) is 0 Å². The Morgan fingerprint density at radius 3 is 2.62 bits per heavy atom. The van der Waals surface area contributed by atoms with Crippen LogP contribution >= 0.6 is 0 Å². The van der Waals surface area contributed by atoms with Gasteiger partial charge in [-0.3, -0.25) is 4.79 Å². The van der Waals surface area contributed by atoms with Gasteiger partial charge in [-0.15, -0.1) is 0 Å². The molecule has 1 aliphatic heterocycles. The van der Waals surface area contributed by atoms with Gasteiger partial charge in [0, 0.05) is 14.6 Å². The predicted molar refractivity (Wildman–Crippen MR) is 87.3 cm³/mol. The molecule has 0 bridgehead atoms. The van der Waals surface area contributed by atoms with Gasteiger partial charge in [0.25, 0.3) is 0 Å². The van der Waals surface area contributed by atoms with E-state index in [1.165, 1.54) is 11.4 Å². The Balaban J connectivity index is 3.00. The predicted octanol–water partition coefficient (Wildman–Crippen LogP) is 2.01. The zero-order chi connectivity index (χ0) is 16.3. The molecule has 120 valence electrons. The molecular formula is C14H25NO4SSi. The monoisotopic (exact) mass is 331 g/mol. The van der Waals surface area contributed by atoms with Crippen molar-refractivity contribution in [2.24, 2.45) is 0 Å². The summed E-state index contributed by atoms with van der Waals surface area (Å²) in [6.07, 6.45) is 3.81. The van der Waals surface area contributed by atoms with Crippen LogP contribution in [0.5, 0.6) is 0 Å². The van der Waals surface area contributed by atoms with Gasteiger partial charge < -0.3 is 4.74 Å². The summed E-state index contributed by atoms with van der Waals surface area (Å²) in [5.74, 6) is -0.424. The topological polar surface area (TPSA) is 63.7 Å². The SMILES string of the molecule is C=CC1=CC[C@@H](C(=O)OC)N(S(=O)(=O)CC[Si](C)(C)C)C1. The molecule has 0 aromatic rings. The number of carbonyl (C=O) groups excluding carboxylic acids is 1. The van der Waals surface area contributed by atoms with Crippen molar-refractivity contribution in [1.82, 2.24) is 4.31 Å². The van der Waals surface area contributed by atoms with Gasteiger partial charge >= 0.3 is 5.97 Å². The second-order valence-corrected chi connectivity index (χ2v) is 14.1. The van der Waals surface area contributed by atoms with E-state index in [-0.39, 0.29) is 12.3 Å². The molecule has 0 aromatic carbocycles. The third-order valence-electron chi connectivity index (χ3n) is 3.49. The highest BCUT2D eigenvalue weighted by atomic mass is 32.2. The quantitative estimate of drug-likeness (QED) is 0.552. The van der Waals surface area contributed by atoms with Crippen LogP contribution in [0.4, 0.5) is 0 Å². The maximum atomic E-state index is 12.6. The molecular weight excluding hydrogens is 306 g/mol. The maximum absolute atomic E-state index is 12.6. The van der Waals surface area contributed by atoms with Gasteiger partial charge in [0.1, 0.15) is 6.04 Å². The Morgan fingerprint density at radius 2 is 2.14 bits per heavy atom. The lowest BCUT2D eigenvalue weighted by molar-refractivity contribution is -0.145. The van der Waals surface area contributed by atoms with Crippen molar-refractivity contribution in [3.8, 4) is 0 Å². The lowest BCUT2D eigenvalue weighted by Crippen LogP contribution is -2.49. The van der Waals surface area contributed by atoms with Crippen molar-refractivity contribution in [2.75, 3.05) is 19.4 Å². The molecule has 0 saturated heterocycles. The molecule has 7 heteroatoms. The first-order valence-corrected chi connectivity index (χ1v) is 12.3. The fourth-order valence-corrected chi connectivity index (χ4v) is 6.70. The highest BCUT2D eigenvalue weighted by molar-refractivity contribution is 7.89. The second-order valence-electron chi connectivity index (χ2n) is 6.43. The van der Waals surface area contributed by atoms with E-state index < -0.39 is 30.1 Å². The Kier molecular flexibility index (Phi) is 5.95. The van der Waals surface area contributed by atoms with Crippen LogP contribution < -0.4 is 0 Å². The summed E-state index contributed by atoms with van der Waals surface area (Å²) in [4.78, 5) is 11.8. The van der Waals surface area contributed by atoms with Gasteiger partial charge in [-0.05, 0) is 18.0 Å². The largest absolute Gasteiger partial charge is 0.468 e. The minimum absolute atomic E-state index is 0.0840. The molecule has 1 rings (SSSR count). The van der Waals surface area contributed by atoms with Gasteiger partial charge in [0.2, 0.25) is 10.0 Å². The van der Waals surface area contributed by atoms with Gasteiger partial charge in [-0.25, -0.2) is 8.42 Å². The van der Waals surface area contributed by atoms with E-state index in [2.05, 4.69) is 26.2 Å². The number of rotatable bonds is 6. The summed E-state index contributed by atoms with van der Waals surface area (Å²) >= 11 is 0. The van der Waals surface area contributed by atoms with Crippen molar-refractivity contribution >= 4 is 24.1 Å². The van der Waals surface area contributed by atoms with Crippen molar-refractivity contribution in [1.29, 1.82) is 0 Å². The van der Waals surface area contributed by atoms with Crippen molar-refractivity contribution in [3.05, 3.63) is 24.3 Å². The van der Waals surface area contributed by atoms with E-state index in [1.807, 2.05) is 6.08 Å². The zero-order valence-corrected chi connectivity index (χ0v) is 15.1. The molecule has 1 aliphatic rings. The lowest BCUT2D eigenvalue weighted by Gasteiger charge is -2.32. The van der Waals surface area contributed by atoms with Crippen LogP contribution in [0.15, 0.2) is 24.3 Å². The average molecular weight is 332 g/mol. The number of sulfonamides is 1. The van der Waals surface area contributed by atoms with E-state index in [1.54, 1.807) is 6.08 Å². The lowest BCUT2D eigenvalue weighted by atomic mass is 10.1. The summed E-state index contributed by atoms with van der Waals surface area (Å²) in [6, 6.07) is -0.0855. The summed E-state index contributed by atoms with van der Waals surface area (Å²) < 4.78 is 31.2. The van der Waals surface area contributed by atoms with Crippen LogP contribution in [-0.4, -0.2) is 52.2 Å². The number of nitrogens with zero attached hydrogens (tertiary/aromatic N) is 1. The highest BCUT2D eigenvalue weighted by Crippen LogP contribution is 2.23. The van der Waals surface area contributed by atoms with Crippen LogP contribution in [0.3, 0.4) is 0 Å². The maximum Gasteiger partial charge on any atom is 0.324 e. The number of ether oxygens (including phenoxy) is 1. The van der Waals surface area contributed by atoms with Gasteiger partial charge in [0.05, 0.1) is 12.9 Å². The highest BCUT2D eigenvalue weighted by Gasteiger charge is 2.37. The third kappa shape index (κ3) is 5.08. The summed E-state index contributed by atoms with van der Waals surface area (Å²) in [5.41, 5.74) is 0.826. The van der Waals surface area contributed by atoms with Crippen LogP contribution in [-0.2, 0) is 19.6 Å². The molecule has 0 aromatic heterocycles. The Bertz CT molecular complexity index is 534. The molecule has 1 atom stereocenters. The van der Waals surface area contributed by atoms with Crippen molar-refractivity contribution < 1.29 is 17.9 Å². The molecule has 5 nitrogen and oxygen atoms in total.